The fourth-order valence-electron chi connectivity index (χ4n) is 2.99. The maximum absolute atomic E-state index is 12.8. The standard InChI is InChI=1S/C18H17ClN4O4/c1-10-8-23(9-13(10)18(26)27)17(25)15-14(20-6-7-21-15)16(24)22-12-4-2-11(19)3-5-12/h2-7,10,13H,8-9H2,1H3,(H,22,24)(H,26,27)/t10-,13-/m1/s1. The molecule has 3 rings (SSSR count). The molecule has 8 nitrogen and oxygen atoms in total. The molecule has 2 amide bonds. The van der Waals surface area contributed by atoms with Crippen LogP contribution in [-0.2, 0) is 4.79 Å². The van der Waals surface area contributed by atoms with Gasteiger partial charge in [-0.05, 0) is 30.2 Å². The van der Waals surface area contributed by atoms with Crippen molar-refractivity contribution in [1.29, 1.82) is 0 Å². The maximum Gasteiger partial charge on any atom is 0.308 e. The number of carboxylic acid groups (broad SMARTS) is 1. The molecular formula is C18H17ClN4O4. The number of carbonyl (C=O) groups excluding carboxylic acids is 2. The van der Waals surface area contributed by atoms with Crippen LogP contribution >= 0.6 is 11.6 Å². The van der Waals surface area contributed by atoms with E-state index in [1.54, 1.807) is 31.2 Å². The van der Waals surface area contributed by atoms with E-state index in [0.717, 1.165) is 0 Å². The van der Waals surface area contributed by atoms with Gasteiger partial charge in [0.2, 0.25) is 0 Å². The van der Waals surface area contributed by atoms with Crippen molar-refractivity contribution in [1.82, 2.24) is 14.9 Å². The molecule has 27 heavy (non-hydrogen) atoms. The molecule has 1 saturated heterocycles. The molecule has 9 heteroatoms. The molecule has 2 atom stereocenters. The third-order valence-electron chi connectivity index (χ3n) is 4.43. The highest BCUT2D eigenvalue weighted by molar-refractivity contribution is 6.30. The third-order valence-corrected chi connectivity index (χ3v) is 4.69. The zero-order chi connectivity index (χ0) is 19.6. The van der Waals surface area contributed by atoms with Gasteiger partial charge in [-0.25, -0.2) is 9.97 Å². The van der Waals surface area contributed by atoms with Gasteiger partial charge in [-0.2, -0.15) is 0 Å². The minimum absolute atomic E-state index is 0.0736. The average Bonchev–Trinajstić information content (AvgIpc) is 3.05. The summed E-state index contributed by atoms with van der Waals surface area (Å²) >= 11 is 5.82. The summed E-state index contributed by atoms with van der Waals surface area (Å²) in [4.78, 5) is 46.1. The van der Waals surface area contributed by atoms with Crippen molar-refractivity contribution in [2.45, 2.75) is 6.92 Å². The minimum Gasteiger partial charge on any atom is -0.481 e. The maximum atomic E-state index is 12.8. The number of hydrogen-bond acceptors (Lipinski definition) is 5. The summed E-state index contributed by atoms with van der Waals surface area (Å²) in [6.07, 6.45) is 2.64. The van der Waals surface area contributed by atoms with E-state index in [1.165, 1.54) is 17.3 Å². The molecule has 0 bridgehead atoms. The van der Waals surface area contributed by atoms with E-state index in [1.807, 2.05) is 0 Å². The van der Waals surface area contributed by atoms with Crippen molar-refractivity contribution in [3.05, 3.63) is 53.1 Å². The van der Waals surface area contributed by atoms with E-state index in [0.29, 0.717) is 10.7 Å². The van der Waals surface area contributed by atoms with Gasteiger partial charge in [0.15, 0.2) is 11.4 Å². The molecule has 1 aliphatic heterocycles. The van der Waals surface area contributed by atoms with E-state index >= 15 is 0 Å². The molecule has 1 aromatic heterocycles. The molecule has 140 valence electrons. The Morgan fingerprint density at radius 2 is 1.74 bits per heavy atom. The summed E-state index contributed by atoms with van der Waals surface area (Å²) in [5, 5.41) is 12.4. The Balaban J connectivity index is 1.81. The number of benzene rings is 1. The van der Waals surface area contributed by atoms with Gasteiger partial charge in [-0.3, -0.25) is 14.4 Å². The number of anilines is 1. The van der Waals surface area contributed by atoms with E-state index in [9.17, 15) is 19.5 Å². The highest BCUT2D eigenvalue weighted by Crippen LogP contribution is 2.25. The van der Waals surface area contributed by atoms with Gasteiger partial charge in [-0.15, -0.1) is 0 Å². The van der Waals surface area contributed by atoms with Crippen LogP contribution in [0, 0.1) is 11.8 Å². The third kappa shape index (κ3) is 4.06. The number of nitrogens with zero attached hydrogens (tertiary/aromatic N) is 3. The van der Waals surface area contributed by atoms with Gasteiger partial charge in [0, 0.05) is 36.2 Å². The molecule has 2 heterocycles. The smallest absolute Gasteiger partial charge is 0.308 e. The number of carbonyl (C=O) groups is 3. The zero-order valence-corrected chi connectivity index (χ0v) is 15.2. The summed E-state index contributed by atoms with van der Waals surface area (Å²) in [5.41, 5.74) is 0.264. The molecule has 0 aliphatic carbocycles. The molecule has 1 fully saturated rings. The summed E-state index contributed by atoms with van der Waals surface area (Å²) in [5.74, 6) is -2.88. The molecule has 1 aliphatic rings. The number of rotatable bonds is 4. The molecule has 2 N–H and O–H groups in total. The largest absolute Gasteiger partial charge is 0.481 e. The number of nitrogens with one attached hydrogen (secondary N) is 1. The Morgan fingerprint density at radius 3 is 2.33 bits per heavy atom. The molecule has 0 unspecified atom stereocenters. The molecule has 0 saturated carbocycles. The predicted octanol–water partition coefficient (Wildman–Crippen LogP) is 2.17. The second-order valence-electron chi connectivity index (χ2n) is 6.35. The minimum atomic E-state index is -0.947. The highest BCUT2D eigenvalue weighted by atomic mass is 35.5. The molecular weight excluding hydrogens is 372 g/mol. The topological polar surface area (TPSA) is 112 Å². The monoisotopic (exact) mass is 388 g/mol. The molecule has 1 aromatic carbocycles. The lowest BCUT2D eigenvalue weighted by atomic mass is 9.99. The van der Waals surface area contributed by atoms with Gasteiger partial charge in [0.1, 0.15) is 0 Å². The second-order valence-corrected chi connectivity index (χ2v) is 6.78. The second kappa shape index (κ2) is 7.71. The zero-order valence-electron chi connectivity index (χ0n) is 14.4. The summed E-state index contributed by atoms with van der Waals surface area (Å²) < 4.78 is 0. The predicted molar refractivity (Wildman–Crippen MR) is 97.6 cm³/mol. The van der Waals surface area contributed by atoms with Crippen molar-refractivity contribution in [3.8, 4) is 0 Å². The lowest BCUT2D eigenvalue weighted by molar-refractivity contribution is -0.142. The van der Waals surface area contributed by atoms with Crippen molar-refractivity contribution in [2.24, 2.45) is 11.8 Å². The number of halogens is 1. The van der Waals surface area contributed by atoms with Crippen LogP contribution in [-0.4, -0.2) is 50.8 Å². The SMILES string of the molecule is C[C@@H]1CN(C(=O)c2nccnc2C(=O)Nc2ccc(Cl)cc2)C[C@H]1C(=O)O. The molecule has 2 aromatic rings. The molecule has 0 radical (unpaired) electrons. The van der Waals surface area contributed by atoms with E-state index < -0.39 is 23.7 Å². The van der Waals surface area contributed by atoms with Gasteiger partial charge in [0.25, 0.3) is 11.8 Å². The average molecular weight is 389 g/mol. The lowest BCUT2D eigenvalue weighted by Crippen LogP contribution is -2.33. The van der Waals surface area contributed by atoms with Crippen LogP contribution in [0.1, 0.15) is 27.9 Å². The number of aliphatic carboxylic acids is 1. The van der Waals surface area contributed by atoms with Crippen LogP contribution in [0.5, 0.6) is 0 Å². The van der Waals surface area contributed by atoms with Gasteiger partial charge < -0.3 is 15.3 Å². The Bertz CT molecular complexity index is 887. The quantitative estimate of drug-likeness (QED) is 0.830. The van der Waals surface area contributed by atoms with E-state index in [4.69, 9.17) is 11.6 Å². The van der Waals surface area contributed by atoms with Crippen molar-refractivity contribution in [3.63, 3.8) is 0 Å². The van der Waals surface area contributed by atoms with Crippen LogP contribution in [0.15, 0.2) is 36.7 Å². The van der Waals surface area contributed by atoms with Crippen LogP contribution in [0.4, 0.5) is 5.69 Å². The Labute approximate surface area is 160 Å². The van der Waals surface area contributed by atoms with Crippen molar-refractivity contribution >= 4 is 35.1 Å². The first-order chi connectivity index (χ1) is 12.9. The first-order valence-corrected chi connectivity index (χ1v) is 8.64. The van der Waals surface area contributed by atoms with Crippen molar-refractivity contribution < 1.29 is 19.5 Å². The number of carboxylic acids is 1. The van der Waals surface area contributed by atoms with E-state index in [-0.39, 0.29) is 30.4 Å². The summed E-state index contributed by atoms with van der Waals surface area (Å²) in [7, 11) is 0. The molecule has 0 spiro atoms. The Morgan fingerprint density at radius 1 is 1.11 bits per heavy atom. The summed E-state index contributed by atoms with van der Waals surface area (Å²) in [6, 6.07) is 6.49. The number of aromatic nitrogens is 2. The highest BCUT2D eigenvalue weighted by Gasteiger charge is 2.38. The number of likely N-dealkylation sites (tertiary alicyclic amines) is 1. The fraction of sp³-hybridized carbons (Fsp3) is 0.278. The number of hydrogen-bond donors (Lipinski definition) is 2. The Kier molecular flexibility index (Phi) is 5.36. The van der Waals surface area contributed by atoms with Crippen LogP contribution in [0.25, 0.3) is 0 Å². The van der Waals surface area contributed by atoms with Gasteiger partial charge in [0.05, 0.1) is 5.92 Å². The lowest BCUT2D eigenvalue weighted by Gasteiger charge is -2.16. The number of amides is 2. The van der Waals surface area contributed by atoms with Crippen LogP contribution in [0.2, 0.25) is 5.02 Å². The first-order valence-electron chi connectivity index (χ1n) is 8.27. The summed E-state index contributed by atoms with van der Waals surface area (Å²) in [6.45, 7) is 2.13. The normalized spacial score (nSPS) is 19.0. The van der Waals surface area contributed by atoms with Crippen LogP contribution in [0.3, 0.4) is 0 Å². The van der Waals surface area contributed by atoms with Crippen LogP contribution < -0.4 is 5.32 Å². The van der Waals surface area contributed by atoms with Gasteiger partial charge >= 0.3 is 5.97 Å². The van der Waals surface area contributed by atoms with Crippen molar-refractivity contribution in [2.75, 3.05) is 18.4 Å². The fourth-order valence-corrected chi connectivity index (χ4v) is 3.11. The first kappa shape index (κ1) is 18.8. The van der Waals surface area contributed by atoms with E-state index in [2.05, 4.69) is 15.3 Å². The van der Waals surface area contributed by atoms with Gasteiger partial charge in [-0.1, -0.05) is 18.5 Å². The Hall–Kier alpha value is -3.00.